The van der Waals surface area contributed by atoms with E-state index in [0.29, 0.717) is 11.5 Å². The first kappa shape index (κ1) is 23.8. The van der Waals surface area contributed by atoms with E-state index in [1.54, 1.807) is 0 Å². The number of hydrogen-bond acceptors (Lipinski definition) is 5. The molecule has 1 fully saturated rings. The fourth-order valence-electron chi connectivity index (χ4n) is 3.51. The summed E-state index contributed by atoms with van der Waals surface area (Å²) >= 11 is 0. The standard InChI is InChI=1S/C23H19F6N3O2/c24-22(25,26)16-8-5-14(6-9-16)3-2-12-33-19-10-7-15(13-17(19)23(27,28)29)20-31-21(34-32-20)18-4-1-11-30-18/h2-3,5-10,13,18,30H,1,4,11-12H2/b3-2-. The van der Waals surface area contributed by atoms with Gasteiger partial charge in [-0.3, -0.25) is 0 Å². The summed E-state index contributed by atoms with van der Waals surface area (Å²) < 4.78 is 89.2. The smallest absolute Gasteiger partial charge is 0.419 e. The van der Waals surface area contributed by atoms with Crippen LogP contribution in [0.5, 0.6) is 5.75 Å². The lowest BCUT2D eigenvalue weighted by molar-refractivity contribution is -0.139. The van der Waals surface area contributed by atoms with Crippen LogP contribution in [0, 0.1) is 0 Å². The summed E-state index contributed by atoms with van der Waals surface area (Å²) in [4.78, 5) is 4.22. The molecule has 0 saturated carbocycles. The molecule has 34 heavy (non-hydrogen) atoms. The van der Waals surface area contributed by atoms with Crippen LogP contribution in [0.4, 0.5) is 26.3 Å². The molecule has 4 rings (SSSR count). The first-order valence-electron chi connectivity index (χ1n) is 10.4. The van der Waals surface area contributed by atoms with Crippen LogP contribution in [-0.4, -0.2) is 23.3 Å². The molecule has 1 atom stereocenters. The average Bonchev–Trinajstić information content (AvgIpc) is 3.48. The van der Waals surface area contributed by atoms with E-state index in [4.69, 9.17) is 9.26 Å². The number of halogens is 6. The minimum absolute atomic E-state index is 0.0444. The third-order valence-electron chi connectivity index (χ3n) is 5.23. The summed E-state index contributed by atoms with van der Waals surface area (Å²) in [5.74, 6) is -0.0211. The van der Waals surface area contributed by atoms with Crippen molar-refractivity contribution in [1.82, 2.24) is 15.5 Å². The van der Waals surface area contributed by atoms with E-state index < -0.39 is 29.2 Å². The minimum atomic E-state index is -4.69. The topological polar surface area (TPSA) is 60.2 Å². The second kappa shape index (κ2) is 9.49. The van der Waals surface area contributed by atoms with E-state index in [-0.39, 0.29) is 24.0 Å². The molecule has 1 aliphatic rings. The summed E-state index contributed by atoms with van der Waals surface area (Å²) in [5, 5.41) is 6.98. The summed E-state index contributed by atoms with van der Waals surface area (Å²) in [6, 6.07) is 7.73. The van der Waals surface area contributed by atoms with E-state index in [0.717, 1.165) is 37.6 Å². The van der Waals surface area contributed by atoms with Gasteiger partial charge in [0.05, 0.1) is 17.2 Å². The molecule has 5 nitrogen and oxygen atoms in total. The number of rotatable bonds is 6. The largest absolute Gasteiger partial charge is 0.489 e. The first-order valence-corrected chi connectivity index (χ1v) is 10.4. The molecule has 180 valence electrons. The summed E-state index contributed by atoms with van der Waals surface area (Å²) in [6.45, 7) is 0.586. The highest BCUT2D eigenvalue weighted by Gasteiger charge is 2.35. The molecule has 1 unspecified atom stereocenters. The minimum Gasteiger partial charge on any atom is -0.489 e. The van der Waals surface area contributed by atoms with Gasteiger partial charge in [0.2, 0.25) is 11.7 Å². The van der Waals surface area contributed by atoms with Crippen molar-refractivity contribution >= 4 is 6.08 Å². The van der Waals surface area contributed by atoms with Crippen molar-refractivity contribution in [3.05, 3.63) is 71.1 Å². The van der Waals surface area contributed by atoms with Crippen molar-refractivity contribution in [2.45, 2.75) is 31.2 Å². The molecule has 2 aromatic carbocycles. The molecule has 0 radical (unpaired) electrons. The molecule has 0 aliphatic carbocycles. The Morgan fingerprint density at radius 3 is 2.44 bits per heavy atom. The predicted octanol–water partition coefficient (Wildman–Crippen LogP) is 6.29. The Hall–Kier alpha value is -3.34. The van der Waals surface area contributed by atoms with Crippen LogP contribution in [0.15, 0.2) is 53.1 Å². The molecule has 1 saturated heterocycles. The Morgan fingerprint density at radius 1 is 1.03 bits per heavy atom. The van der Waals surface area contributed by atoms with Gasteiger partial charge in [0.15, 0.2) is 0 Å². The average molecular weight is 483 g/mol. The normalized spacial score (nSPS) is 16.9. The van der Waals surface area contributed by atoms with Crippen molar-refractivity contribution in [2.24, 2.45) is 0 Å². The maximum absolute atomic E-state index is 13.6. The number of nitrogens with zero attached hydrogens (tertiary/aromatic N) is 2. The van der Waals surface area contributed by atoms with Gasteiger partial charge in [0.1, 0.15) is 12.4 Å². The fraction of sp³-hybridized carbons (Fsp3) is 0.304. The molecule has 0 bridgehead atoms. The molecule has 0 spiro atoms. The zero-order valence-electron chi connectivity index (χ0n) is 17.6. The van der Waals surface area contributed by atoms with Gasteiger partial charge >= 0.3 is 12.4 Å². The van der Waals surface area contributed by atoms with Crippen LogP contribution in [0.2, 0.25) is 0 Å². The van der Waals surface area contributed by atoms with Gasteiger partial charge in [-0.1, -0.05) is 23.4 Å². The highest BCUT2D eigenvalue weighted by molar-refractivity contribution is 5.59. The number of benzene rings is 2. The molecular weight excluding hydrogens is 464 g/mol. The van der Waals surface area contributed by atoms with Gasteiger partial charge in [0, 0.05) is 5.56 Å². The van der Waals surface area contributed by atoms with Crippen LogP contribution >= 0.6 is 0 Å². The molecule has 11 heteroatoms. The van der Waals surface area contributed by atoms with Crippen LogP contribution in [-0.2, 0) is 12.4 Å². The predicted molar refractivity (Wildman–Crippen MR) is 111 cm³/mol. The maximum atomic E-state index is 13.6. The Balaban J connectivity index is 1.46. The van der Waals surface area contributed by atoms with E-state index >= 15 is 0 Å². The zero-order valence-corrected chi connectivity index (χ0v) is 17.6. The van der Waals surface area contributed by atoms with Gasteiger partial charge in [-0.05, 0) is 61.4 Å². The van der Waals surface area contributed by atoms with Crippen molar-refractivity contribution in [3.8, 4) is 17.1 Å². The SMILES string of the molecule is FC(F)(F)c1ccc(/C=C\COc2ccc(-c3noc(C4CCCN4)n3)cc2C(F)(F)F)cc1. The molecule has 1 aliphatic heterocycles. The van der Waals surface area contributed by atoms with Crippen molar-refractivity contribution in [3.63, 3.8) is 0 Å². The first-order chi connectivity index (χ1) is 16.1. The summed E-state index contributed by atoms with van der Waals surface area (Å²) in [7, 11) is 0. The quantitative estimate of drug-likeness (QED) is 0.418. The molecule has 2 heterocycles. The third-order valence-corrected chi connectivity index (χ3v) is 5.23. The van der Waals surface area contributed by atoms with E-state index in [9.17, 15) is 26.3 Å². The molecule has 1 aromatic heterocycles. The number of nitrogens with one attached hydrogen (secondary N) is 1. The highest BCUT2D eigenvalue weighted by Crippen LogP contribution is 2.38. The molecule has 1 N–H and O–H groups in total. The Morgan fingerprint density at radius 2 is 1.79 bits per heavy atom. The molecule has 3 aromatic rings. The number of ether oxygens (including phenoxy) is 1. The maximum Gasteiger partial charge on any atom is 0.419 e. The lowest BCUT2D eigenvalue weighted by atomic mass is 10.1. The molecular formula is C23H19F6N3O2. The molecule has 0 amide bonds. The van der Waals surface area contributed by atoms with E-state index in [2.05, 4.69) is 15.5 Å². The zero-order chi connectivity index (χ0) is 24.3. The number of aromatic nitrogens is 2. The summed E-state index contributed by atoms with van der Waals surface area (Å²) in [5.41, 5.74) is -1.21. The van der Waals surface area contributed by atoms with Gasteiger partial charge < -0.3 is 14.6 Å². The summed E-state index contributed by atoms with van der Waals surface area (Å²) in [6.07, 6.45) is -4.51. The lowest BCUT2D eigenvalue weighted by Gasteiger charge is -2.14. The van der Waals surface area contributed by atoms with Gasteiger partial charge in [0.25, 0.3) is 0 Å². The van der Waals surface area contributed by atoms with E-state index in [1.165, 1.54) is 36.4 Å². The van der Waals surface area contributed by atoms with Crippen LogP contribution in [0.1, 0.15) is 41.5 Å². The Bertz CT molecular complexity index is 1150. The monoisotopic (exact) mass is 483 g/mol. The lowest BCUT2D eigenvalue weighted by Crippen LogP contribution is -2.13. The van der Waals surface area contributed by atoms with Gasteiger partial charge in [-0.2, -0.15) is 31.3 Å². The van der Waals surface area contributed by atoms with Gasteiger partial charge in [-0.25, -0.2) is 0 Å². The third kappa shape index (κ3) is 5.58. The van der Waals surface area contributed by atoms with E-state index in [1.807, 2.05) is 0 Å². The number of hydrogen-bond donors (Lipinski definition) is 1. The van der Waals surface area contributed by atoms with Crippen LogP contribution < -0.4 is 10.1 Å². The second-order valence-corrected chi connectivity index (χ2v) is 7.65. The van der Waals surface area contributed by atoms with Crippen molar-refractivity contribution in [1.29, 1.82) is 0 Å². The Labute approximate surface area is 190 Å². The highest BCUT2D eigenvalue weighted by atomic mass is 19.4. The number of alkyl halides is 6. The second-order valence-electron chi connectivity index (χ2n) is 7.65. The Kier molecular flexibility index (Phi) is 6.65. The van der Waals surface area contributed by atoms with Gasteiger partial charge in [-0.15, -0.1) is 0 Å². The van der Waals surface area contributed by atoms with Crippen LogP contribution in [0.3, 0.4) is 0 Å². The van der Waals surface area contributed by atoms with Crippen LogP contribution in [0.25, 0.3) is 17.5 Å². The van der Waals surface area contributed by atoms with Crippen molar-refractivity contribution < 1.29 is 35.6 Å². The van der Waals surface area contributed by atoms with Crippen molar-refractivity contribution in [2.75, 3.05) is 13.2 Å². The fourth-order valence-corrected chi connectivity index (χ4v) is 3.51.